The minimum absolute atomic E-state index is 0.0659. The number of oxazole rings is 1. The number of thiophene rings is 1. The molecule has 1 aromatic carbocycles. The van der Waals surface area contributed by atoms with Gasteiger partial charge in [0.15, 0.2) is 6.39 Å². The first-order chi connectivity index (χ1) is 11.3. The fourth-order valence-electron chi connectivity index (χ4n) is 2.73. The summed E-state index contributed by atoms with van der Waals surface area (Å²) in [6, 6.07) is 13.8. The van der Waals surface area contributed by atoms with Crippen LogP contribution in [0.15, 0.2) is 58.7 Å². The Kier molecular flexibility index (Phi) is 3.71. The molecule has 1 amide bonds. The summed E-state index contributed by atoms with van der Waals surface area (Å²) < 4.78 is 5.38. The summed E-state index contributed by atoms with van der Waals surface area (Å²) in [6.07, 6.45) is 3.64. The standard InChI is InChI=1S/C18H16N2O2S/c21-18(20-15(13-8-9-13)14-7-4-10-23-14)17-16(19-11-22-17)12-5-2-1-3-6-12/h1-7,10-11,13,15H,8-9H2,(H,20,21). The van der Waals surface area contributed by atoms with Crippen molar-refractivity contribution in [1.82, 2.24) is 10.3 Å². The van der Waals surface area contributed by atoms with Crippen LogP contribution in [-0.2, 0) is 0 Å². The molecule has 116 valence electrons. The molecule has 1 saturated carbocycles. The van der Waals surface area contributed by atoms with E-state index < -0.39 is 0 Å². The summed E-state index contributed by atoms with van der Waals surface area (Å²) in [5, 5.41) is 5.17. The summed E-state index contributed by atoms with van der Waals surface area (Å²) in [5.74, 6) is 0.603. The van der Waals surface area contributed by atoms with Crippen molar-refractivity contribution in [3.8, 4) is 11.3 Å². The van der Waals surface area contributed by atoms with E-state index in [0.717, 1.165) is 18.4 Å². The molecule has 1 N–H and O–H groups in total. The van der Waals surface area contributed by atoms with Gasteiger partial charge in [0.1, 0.15) is 5.69 Å². The van der Waals surface area contributed by atoms with E-state index in [1.54, 1.807) is 11.3 Å². The Hall–Kier alpha value is -2.40. The van der Waals surface area contributed by atoms with Crippen LogP contribution in [-0.4, -0.2) is 10.9 Å². The molecule has 1 atom stereocenters. The zero-order valence-electron chi connectivity index (χ0n) is 12.4. The molecule has 0 spiro atoms. The molecule has 0 radical (unpaired) electrons. The Balaban J connectivity index is 1.59. The quantitative estimate of drug-likeness (QED) is 0.762. The van der Waals surface area contributed by atoms with E-state index in [9.17, 15) is 4.79 Å². The average Bonchev–Trinajstić information content (AvgIpc) is 3.08. The molecule has 0 aliphatic heterocycles. The third-order valence-electron chi connectivity index (χ3n) is 4.05. The van der Waals surface area contributed by atoms with Gasteiger partial charge in [0.2, 0.25) is 5.76 Å². The van der Waals surface area contributed by atoms with Crippen molar-refractivity contribution in [2.24, 2.45) is 5.92 Å². The lowest BCUT2D eigenvalue weighted by Crippen LogP contribution is -2.29. The van der Waals surface area contributed by atoms with Gasteiger partial charge in [-0.1, -0.05) is 36.4 Å². The highest BCUT2D eigenvalue weighted by molar-refractivity contribution is 7.10. The maximum absolute atomic E-state index is 12.7. The van der Waals surface area contributed by atoms with E-state index in [1.165, 1.54) is 11.3 Å². The molecular formula is C18H16N2O2S. The molecular weight excluding hydrogens is 308 g/mol. The minimum Gasteiger partial charge on any atom is -0.438 e. The van der Waals surface area contributed by atoms with E-state index in [2.05, 4.69) is 16.4 Å². The molecule has 2 heterocycles. The summed E-state index contributed by atoms with van der Waals surface area (Å²) >= 11 is 1.68. The number of nitrogens with zero attached hydrogens (tertiary/aromatic N) is 1. The van der Waals surface area contributed by atoms with Crippen LogP contribution in [0.25, 0.3) is 11.3 Å². The van der Waals surface area contributed by atoms with Crippen LogP contribution in [0.5, 0.6) is 0 Å². The third-order valence-corrected chi connectivity index (χ3v) is 5.01. The van der Waals surface area contributed by atoms with Crippen LogP contribution in [0.1, 0.15) is 34.3 Å². The minimum atomic E-state index is -0.202. The van der Waals surface area contributed by atoms with Gasteiger partial charge in [-0.15, -0.1) is 11.3 Å². The van der Waals surface area contributed by atoms with Gasteiger partial charge in [0.25, 0.3) is 5.91 Å². The van der Waals surface area contributed by atoms with Crippen LogP contribution in [0.3, 0.4) is 0 Å². The summed E-state index contributed by atoms with van der Waals surface area (Å²) in [7, 11) is 0. The van der Waals surface area contributed by atoms with Gasteiger partial charge in [-0.2, -0.15) is 0 Å². The summed E-state index contributed by atoms with van der Waals surface area (Å²) in [6.45, 7) is 0. The number of benzene rings is 1. The zero-order valence-corrected chi connectivity index (χ0v) is 13.3. The number of carbonyl (C=O) groups is 1. The molecule has 0 bridgehead atoms. The van der Waals surface area contributed by atoms with Crippen molar-refractivity contribution in [1.29, 1.82) is 0 Å². The van der Waals surface area contributed by atoms with Gasteiger partial charge < -0.3 is 9.73 Å². The van der Waals surface area contributed by atoms with E-state index in [-0.39, 0.29) is 17.7 Å². The number of hydrogen-bond acceptors (Lipinski definition) is 4. The summed E-state index contributed by atoms with van der Waals surface area (Å²) in [5.41, 5.74) is 1.47. The van der Waals surface area contributed by atoms with Gasteiger partial charge in [-0.25, -0.2) is 4.98 Å². The maximum Gasteiger partial charge on any atom is 0.289 e. The van der Waals surface area contributed by atoms with Crippen LogP contribution in [0.2, 0.25) is 0 Å². The molecule has 4 nitrogen and oxygen atoms in total. The second-order valence-electron chi connectivity index (χ2n) is 5.70. The molecule has 1 fully saturated rings. The van der Waals surface area contributed by atoms with E-state index in [0.29, 0.717) is 11.6 Å². The van der Waals surface area contributed by atoms with E-state index >= 15 is 0 Å². The van der Waals surface area contributed by atoms with E-state index in [1.807, 2.05) is 41.8 Å². The Morgan fingerprint density at radius 1 is 1.22 bits per heavy atom. The molecule has 0 saturated heterocycles. The molecule has 1 aliphatic carbocycles. The Labute approximate surface area is 138 Å². The molecule has 23 heavy (non-hydrogen) atoms. The highest BCUT2D eigenvalue weighted by Gasteiger charge is 2.35. The lowest BCUT2D eigenvalue weighted by atomic mass is 10.1. The van der Waals surface area contributed by atoms with Crippen LogP contribution >= 0.6 is 11.3 Å². The Morgan fingerprint density at radius 3 is 2.74 bits per heavy atom. The van der Waals surface area contributed by atoms with Crippen LogP contribution in [0.4, 0.5) is 0 Å². The summed E-state index contributed by atoms with van der Waals surface area (Å²) in [4.78, 5) is 18.1. The van der Waals surface area contributed by atoms with Crippen LogP contribution in [0, 0.1) is 5.92 Å². The number of rotatable bonds is 5. The predicted molar refractivity (Wildman–Crippen MR) is 89.2 cm³/mol. The first-order valence-electron chi connectivity index (χ1n) is 7.66. The molecule has 2 aromatic heterocycles. The molecule has 1 unspecified atom stereocenters. The maximum atomic E-state index is 12.7. The Morgan fingerprint density at radius 2 is 2.04 bits per heavy atom. The number of nitrogens with one attached hydrogen (secondary N) is 1. The number of amides is 1. The highest BCUT2D eigenvalue weighted by Crippen LogP contribution is 2.42. The smallest absolute Gasteiger partial charge is 0.289 e. The van der Waals surface area contributed by atoms with Gasteiger partial charge in [-0.3, -0.25) is 4.79 Å². The fraction of sp³-hybridized carbons (Fsp3) is 0.222. The van der Waals surface area contributed by atoms with Crippen molar-refractivity contribution in [3.63, 3.8) is 0 Å². The first-order valence-corrected chi connectivity index (χ1v) is 8.54. The van der Waals surface area contributed by atoms with Crippen molar-refractivity contribution >= 4 is 17.2 Å². The lowest BCUT2D eigenvalue weighted by Gasteiger charge is -2.16. The molecule has 5 heteroatoms. The first kappa shape index (κ1) is 14.2. The second kappa shape index (κ2) is 6.01. The largest absolute Gasteiger partial charge is 0.438 e. The van der Waals surface area contributed by atoms with Gasteiger partial charge in [0.05, 0.1) is 6.04 Å². The number of carbonyl (C=O) groups excluding carboxylic acids is 1. The van der Waals surface area contributed by atoms with Gasteiger partial charge in [-0.05, 0) is 30.2 Å². The monoisotopic (exact) mass is 324 g/mol. The van der Waals surface area contributed by atoms with Crippen molar-refractivity contribution in [2.75, 3.05) is 0 Å². The van der Waals surface area contributed by atoms with Crippen molar-refractivity contribution in [3.05, 3.63) is 64.9 Å². The molecule has 1 aliphatic rings. The topological polar surface area (TPSA) is 55.1 Å². The third kappa shape index (κ3) is 2.92. The van der Waals surface area contributed by atoms with Crippen LogP contribution < -0.4 is 5.32 Å². The lowest BCUT2D eigenvalue weighted by molar-refractivity contribution is 0.0905. The zero-order chi connectivity index (χ0) is 15.6. The number of hydrogen-bond donors (Lipinski definition) is 1. The van der Waals surface area contributed by atoms with Crippen molar-refractivity contribution < 1.29 is 9.21 Å². The number of aromatic nitrogens is 1. The Bertz CT molecular complexity index is 792. The van der Waals surface area contributed by atoms with Gasteiger partial charge in [0, 0.05) is 10.4 Å². The SMILES string of the molecule is O=C(NC(c1cccs1)C1CC1)c1ocnc1-c1ccccc1. The molecule has 3 aromatic rings. The van der Waals surface area contributed by atoms with Gasteiger partial charge >= 0.3 is 0 Å². The van der Waals surface area contributed by atoms with E-state index in [4.69, 9.17) is 4.42 Å². The molecule has 4 rings (SSSR count). The van der Waals surface area contributed by atoms with Crippen molar-refractivity contribution in [2.45, 2.75) is 18.9 Å². The fourth-order valence-corrected chi connectivity index (χ4v) is 3.60. The predicted octanol–water partition coefficient (Wildman–Crippen LogP) is 4.28. The highest BCUT2D eigenvalue weighted by atomic mass is 32.1. The average molecular weight is 324 g/mol. The second-order valence-corrected chi connectivity index (χ2v) is 6.68. The normalized spacial score (nSPS) is 15.3.